The molecule has 2 aromatic rings. The molecule has 0 spiro atoms. The zero-order chi connectivity index (χ0) is 19.8. The lowest BCUT2D eigenvalue weighted by molar-refractivity contribution is -0.142. The smallest absolute Gasteiger partial charge is 0.331 e. The van der Waals surface area contributed by atoms with Gasteiger partial charge in [0.1, 0.15) is 11.5 Å². The largest absolute Gasteiger partial charge is 0.497 e. The van der Waals surface area contributed by atoms with Crippen LogP contribution < -0.4 is 14.8 Å². The van der Waals surface area contributed by atoms with E-state index in [0.29, 0.717) is 32.8 Å². The molecule has 0 saturated heterocycles. The van der Waals surface area contributed by atoms with Crippen LogP contribution in [0, 0.1) is 0 Å². The summed E-state index contributed by atoms with van der Waals surface area (Å²) in [6.07, 6.45) is 2.72. The van der Waals surface area contributed by atoms with Crippen molar-refractivity contribution in [3.63, 3.8) is 0 Å². The highest BCUT2D eigenvalue weighted by Gasteiger charge is 2.09. The maximum Gasteiger partial charge on any atom is 0.331 e. The van der Waals surface area contributed by atoms with Gasteiger partial charge in [0, 0.05) is 22.7 Å². The number of rotatable bonds is 7. The van der Waals surface area contributed by atoms with Gasteiger partial charge in [-0.25, -0.2) is 4.79 Å². The normalized spacial score (nSPS) is 10.5. The molecule has 0 saturated carbocycles. The molecule has 8 heteroatoms. The summed E-state index contributed by atoms with van der Waals surface area (Å²) in [5, 5.41) is 3.26. The predicted molar refractivity (Wildman–Crippen MR) is 105 cm³/mol. The Morgan fingerprint density at radius 2 is 1.85 bits per heavy atom. The molecule has 6 nitrogen and oxygen atoms in total. The van der Waals surface area contributed by atoms with Gasteiger partial charge in [0.05, 0.1) is 24.9 Å². The van der Waals surface area contributed by atoms with E-state index in [1.807, 2.05) is 0 Å². The van der Waals surface area contributed by atoms with E-state index < -0.39 is 18.5 Å². The van der Waals surface area contributed by atoms with E-state index in [0.717, 1.165) is 0 Å². The fourth-order valence-corrected chi connectivity index (χ4v) is 2.42. The lowest BCUT2D eigenvalue weighted by Gasteiger charge is -2.08. The van der Waals surface area contributed by atoms with Crippen molar-refractivity contribution in [1.82, 2.24) is 0 Å². The average Bonchev–Trinajstić information content (AvgIpc) is 2.67. The summed E-state index contributed by atoms with van der Waals surface area (Å²) >= 11 is 11.8. The molecular formula is C19H17Cl2NO5. The lowest BCUT2D eigenvalue weighted by atomic mass is 10.2. The fourth-order valence-electron chi connectivity index (χ4n) is 2.08. The summed E-state index contributed by atoms with van der Waals surface area (Å²) in [5.41, 5.74) is 0.995. The molecule has 142 valence electrons. The van der Waals surface area contributed by atoms with Gasteiger partial charge in [-0.1, -0.05) is 23.2 Å². The minimum absolute atomic E-state index is 0.325. The number of anilines is 1. The number of methoxy groups -OCH3 is 2. The summed E-state index contributed by atoms with van der Waals surface area (Å²) in [5.74, 6) is -0.0576. The average molecular weight is 410 g/mol. The summed E-state index contributed by atoms with van der Waals surface area (Å²) in [7, 11) is 3.05. The van der Waals surface area contributed by atoms with Crippen molar-refractivity contribution in [3.05, 3.63) is 58.1 Å². The summed E-state index contributed by atoms with van der Waals surface area (Å²) in [6, 6.07) is 9.80. The van der Waals surface area contributed by atoms with Crippen LogP contribution in [-0.4, -0.2) is 32.7 Å². The SMILES string of the molecule is COc1ccc(/C=C/C(=O)OCC(=O)Nc2cc(Cl)ccc2Cl)c(OC)c1. The monoisotopic (exact) mass is 409 g/mol. The zero-order valence-electron chi connectivity index (χ0n) is 14.6. The Hall–Kier alpha value is -2.70. The molecule has 0 aliphatic carbocycles. The molecule has 1 amide bonds. The number of halogens is 2. The van der Waals surface area contributed by atoms with Gasteiger partial charge in [0.2, 0.25) is 0 Å². The van der Waals surface area contributed by atoms with Crippen molar-refractivity contribution in [3.8, 4) is 11.5 Å². The number of nitrogens with one attached hydrogen (secondary N) is 1. The van der Waals surface area contributed by atoms with Crippen LogP contribution in [0.15, 0.2) is 42.5 Å². The van der Waals surface area contributed by atoms with E-state index in [9.17, 15) is 9.59 Å². The third-order valence-corrected chi connectivity index (χ3v) is 3.95. The van der Waals surface area contributed by atoms with Crippen LogP contribution in [0.25, 0.3) is 6.08 Å². The molecule has 1 N–H and O–H groups in total. The first-order chi connectivity index (χ1) is 12.9. The number of ether oxygens (including phenoxy) is 3. The van der Waals surface area contributed by atoms with E-state index in [2.05, 4.69) is 5.32 Å². The maximum absolute atomic E-state index is 11.9. The third kappa shape index (κ3) is 6.20. The molecule has 0 atom stereocenters. The number of amides is 1. The van der Waals surface area contributed by atoms with Gasteiger partial charge >= 0.3 is 5.97 Å². The van der Waals surface area contributed by atoms with E-state index >= 15 is 0 Å². The van der Waals surface area contributed by atoms with Gasteiger partial charge in [-0.15, -0.1) is 0 Å². The van der Waals surface area contributed by atoms with Crippen molar-refractivity contribution in [2.24, 2.45) is 0 Å². The summed E-state index contributed by atoms with van der Waals surface area (Å²) in [6.45, 7) is -0.467. The van der Waals surface area contributed by atoms with E-state index in [1.54, 1.807) is 37.4 Å². The molecule has 0 unspecified atom stereocenters. The Morgan fingerprint density at radius 1 is 1.07 bits per heavy atom. The molecule has 0 fully saturated rings. The quantitative estimate of drug-likeness (QED) is 0.547. The van der Waals surface area contributed by atoms with Crippen molar-refractivity contribution in [1.29, 1.82) is 0 Å². The fraction of sp³-hybridized carbons (Fsp3) is 0.158. The van der Waals surface area contributed by atoms with Crippen LogP contribution in [0.4, 0.5) is 5.69 Å². The first-order valence-corrected chi connectivity index (χ1v) is 8.50. The number of hydrogen-bond acceptors (Lipinski definition) is 5. The van der Waals surface area contributed by atoms with Gasteiger partial charge in [0.25, 0.3) is 5.91 Å². The number of carbonyl (C=O) groups is 2. The Morgan fingerprint density at radius 3 is 2.56 bits per heavy atom. The zero-order valence-corrected chi connectivity index (χ0v) is 16.1. The number of esters is 1. The highest BCUT2D eigenvalue weighted by molar-refractivity contribution is 6.35. The van der Waals surface area contributed by atoms with Crippen LogP contribution in [-0.2, 0) is 14.3 Å². The molecule has 2 rings (SSSR count). The standard InChI is InChI=1S/C19H17Cl2NO5/c1-25-14-6-3-12(17(10-14)26-2)4-8-19(24)27-11-18(23)22-16-9-13(20)5-7-15(16)21/h3-10H,11H2,1-2H3,(H,22,23)/b8-4+. The van der Waals surface area contributed by atoms with Crippen LogP contribution in [0.1, 0.15) is 5.56 Å². The van der Waals surface area contributed by atoms with Crippen molar-refractivity contribution < 1.29 is 23.8 Å². The van der Waals surface area contributed by atoms with Gasteiger partial charge in [-0.2, -0.15) is 0 Å². The second-order valence-electron chi connectivity index (χ2n) is 5.22. The first kappa shape index (κ1) is 20.6. The van der Waals surface area contributed by atoms with Gasteiger partial charge < -0.3 is 19.5 Å². The van der Waals surface area contributed by atoms with E-state index in [-0.39, 0.29) is 0 Å². The number of benzene rings is 2. The molecule has 0 heterocycles. The maximum atomic E-state index is 11.9. The minimum Gasteiger partial charge on any atom is -0.497 e. The highest BCUT2D eigenvalue weighted by atomic mass is 35.5. The number of hydrogen-bond donors (Lipinski definition) is 1. The molecule has 0 aliphatic rings. The molecule has 27 heavy (non-hydrogen) atoms. The van der Waals surface area contributed by atoms with Crippen LogP contribution in [0.5, 0.6) is 11.5 Å². The molecule has 2 aromatic carbocycles. The second-order valence-corrected chi connectivity index (χ2v) is 6.06. The molecular weight excluding hydrogens is 393 g/mol. The molecule has 0 radical (unpaired) electrons. The second kappa shape index (κ2) is 9.85. The van der Waals surface area contributed by atoms with Crippen LogP contribution in [0.2, 0.25) is 10.0 Å². The van der Waals surface area contributed by atoms with Gasteiger partial charge in [-0.05, 0) is 36.4 Å². The molecule has 0 aliphatic heterocycles. The predicted octanol–water partition coefficient (Wildman–Crippen LogP) is 4.21. The van der Waals surface area contributed by atoms with Crippen LogP contribution in [0.3, 0.4) is 0 Å². The topological polar surface area (TPSA) is 73.9 Å². The number of carbonyl (C=O) groups excluding carboxylic acids is 2. The Balaban J connectivity index is 1.91. The first-order valence-electron chi connectivity index (χ1n) is 7.74. The Bertz CT molecular complexity index is 867. The van der Waals surface area contributed by atoms with E-state index in [4.69, 9.17) is 37.4 Å². The summed E-state index contributed by atoms with van der Waals surface area (Å²) < 4.78 is 15.3. The van der Waals surface area contributed by atoms with Crippen molar-refractivity contribution in [2.45, 2.75) is 0 Å². The third-order valence-electron chi connectivity index (χ3n) is 3.39. The van der Waals surface area contributed by atoms with Crippen molar-refractivity contribution >= 4 is 46.8 Å². The van der Waals surface area contributed by atoms with Gasteiger partial charge in [0.15, 0.2) is 6.61 Å². The van der Waals surface area contributed by atoms with E-state index in [1.165, 1.54) is 25.3 Å². The van der Waals surface area contributed by atoms with Gasteiger partial charge in [-0.3, -0.25) is 4.79 Å². The molecule has 0 bridgehead atoms. The lowest BCUT2D eigenvalue weighted by Crippen LogP contribution is -2.20. The Kier molecular flexibility index (Phi) is 7.52. The highest BCUT2D eigenvalue weighted by Crippen LogP contribution is 2.26. The summed E-state index contributed by atoms with van der Waals surface area (Å²) in [4.78, 5) is 23.7. The Labute approximate surface area is 166 Å². The van der Waals surface area contributed by atoms with Crippen LogP contribution >= 0.6 is 23.2 Å². The minimum atomic E-state index is -0.680. The van der Waals surface area contributed by atoms with Crippen molar-refractivity contribution in [2.75, 3.05) is 26.1 Å². The molecule has 0 aromatic heterocycles.